The first kappa shape index (κ1) is 32.2. The number of benzene rings is 4. The maximum Gasteiger partial charge on any atom is 0.232 e. The van der Waals surface area contributed by atoms with Gasteiger partial charge >= 0.3 is 0 Å². The van der Waals surface area contributed by atoms with Gasteiger partial charge in [0.25, 0.3) is 0 Å². The quantitative estimate of drug-likeness (QED) is 0.154. The fourth-order valence-electron chi connectivity index (χ4n) is 6.49. The average molecular weight is 685 g/mol. The first-order valence-electron chi connectivity index (χ1n) is 16.9. The van der Waals surface area contributed by atoms with Gasteiger partial charge in [-0.1, -0.05) is 54.6 Å². The molecule has 8 rings (SSSR count). The minimum atomic E-state index is -0.345. The highest BCUT2D eigenvalue weighted by molar-refractivity contribution is 5.79. The van der Waals surface area contributed by atoms with E-state index in [1.165, 1.54) is 6.07 Å². The van der Waals surface area contributed by atoms with Crippen molar-refractivity contribution in [3.8, 4) is 22.6 Å². The molecule has 1 fully saturated rings. The number of aromatic nitrogens is 6. The smallest absolute Gasteiger partial charge is 0.232 e. The number of hydrogen-bond acceptors (Lipinski definition) is 9. The Morgan fingerprint density at radius 1 is 0.745 bits per heavy atom. The van der Waals surface area contributed by atoms with Crippen LogP contribution in [0.2, 0.25) is 0 Å². The summed E-state index contributed by atoms with van der Waals surface area (Å²) in [5.74, 6) is 3.17. The minimum Gasteiger partial charge on any atom is -0.497 e. The number of nitrogens with zero attached hydrogens (tertiary/aromatic N) is 8. The van der Waals surface area contributed by atoms with Gasteiger partial charge in [0.05, 0.1) is 51.2 Å². The molecule has 7 aromatic rings. The van der Waals surface area contributed by atoms with Crippen molar-refractivity contribution in [2.45, 2.75) is 19.6 Å². The Kier molecular flexibility index (Phi) is 8.89. The first-order chi connectivity index (χ1) is 25.1. The lowest BCUT2D eigenvalue weighted by atomic mass is 10.1. The lowest BCUT2D eigenvalue weighted by molar-refractivity contribution is 0.122. The molecule has 1 saturated heterocycles. The van der Waals surface area contributed by atoms with Crippen LogP contribution in [0.25, 0.3) is 27.8 Å². The van der Waals surface area contributed by atoms with Crippen LogP contribution in [0.3, 0.4) is 0 Å². The van der Waals surface area contributed by atoms with E-state index in [0.29, 0.717) is 74.6 Å². The molecule has 51 heavy (non-hydrogen) atoms. The van der Waals surface area contributed by atoms with Crippen molar-refractivity contribution in [1.82, 2.24) is 29.1 Å². The Bertz CT molecular complexity index is 2280. The maximum absolute atomic E-state index is 15.3. The standard InChI is InChI=1S/C39H37FN8O3/c1-49-29-15-11-27(12-16-29)24-46(26-36-42-34-9-5-6-10-35(34)47(36)25-28-13-17-30(50-2)18-14-28)39-44-38(45-19-21-51-22-20-45)43-37-32(23-41-48(37)39)31-7-3-4-8-33(31)40/h3-18,23H,19-22,24-26H2,1-2H3. The molecule has 0 spiro atoms. The second kappa shape index (κ2) is 14.1. The van der Waals surface area contributed by atoms with Crippen LogP contribution in [0.15, 0.2) is 103 Å². The van der Waals surface area contributed by atoms with Gasteiger partial charge in [0.2, 0.25) is 11.9 Å². The molecule has 1 aliphatic heterocycles. The molecule has 1 aliphatic rings. The van der Waals surface area contributed by atoms with Crippen LogP contribution in [0.4, 0.5) is 16.3 Å². The molecule has 0 unspecified atom stereocenters. The van der Waals surface area contributed by atoms with Gasteiger partial charge in [0.15, 0.2) is 5.65 Å². The molecule has 3 aromatic heterocycles. The van der Waals surface area contributed by atoms with E-state index in [-0.39, 0.29) is 5.82 Å². The number of halogens is 1. The van der Waals surface area contributed by atoms with Gasteiger partial charge in [-0.2, -0.15) is 19.6 Å². The highest BCUT2D eigenvalue weighted by Gasteiger charge is 2.25. The van der Waals surface area contributed by atoms with E-state index in [2.05, 4.69) is 32.6 Å². The van der Waals surface area contributed by atoms with Gasteiger partial charge in [0, 0.05) is 37.3 Å². The predicted octanol–water partition coefficient (Wildman–Crippen LogP) is 6.39. The van der Waals surface area contributed by atoms with Crippen molar-refractivity contribution in [1.29, 1.82) is 0 Å². The van der Waals surface area contributed by atoms with E-state index in [9.17, 15) is 0 Å². The summed E-state index contributed by atoms with van der Waals surface area (Å²) in [6.45, 7) is 3.86. The van der Waals surface area contributed by atoms with Gasteiger partial charge in [-0.05, 0) is 53.6 Å². The zero-order valence-corrected chi connectivity index (χ0v) is 28.4. The third kappa shape index (κ3) is 6.53. The van der Waals surface area contributed by atoms with E-state index in [1.54, 1.807) is 37.1 Å². The van der Waals surface area contributed by atoms with Crippen LogP contribution in [-0.2, 0) is 24.4 Å². The molecule has 0 aliphatic carbocycles. The van der Waals surface area contributed by atoms with Crippen LogP contribution in [0.5, 0.6) is 11.5 Å². The lowest BCUT2D eigenvalue weighted by Crippen LogP contribution is -2.38. The summed E-state index contributed by atoms with van der Waals surface area (Å²) in [6.07, 6.45) is 1.67. The normalized spacial score (nSPS) is 13.2. The van der Waals surface area contributed by atoms with E-state index in [4.69, 9.17) is 34.3 Å². The highest BCUT2D eigenvalue weighted by atomic mass is 19.1. The number of ether oxygens (including phenoxy) is 3. The predicted molar refractivity (Wildman–Crippen MR) is 194 cm³/mol. The molecule has 0 saturated carbocycles. The Hall–Kier alpha value is -6.01. The molecule has 0 atom stereocenters. The summed E-state index contributed by atoms with van der Waals surface area (Å²) in [4.78, 5) is 19.6. The largest absolute Gasteiger partial charge is 0.497 e. The fourth-order valence-corrected chi connectivity index (χ4v) is 6.49. The molecule has 4 heterocycles. The lowest BCUT2D eigenvalue weighted by Gasteiger charge is -2.29. The van der Waals surface area contributed by atoms with Crippen molar-refractivity contribution >= 4 is 28.6 Å². The van der Waals surface area contributed by atoms with Crippen LogP contribution >= 0.6 is 0 Å². The number of rotatable bonds is 11. The summed E-state index contributed by atoms with van der Waals surface area (Å²) >= 11 is 0. The monoisotopic (exact) mass is 684 g/mol. The Labute approximate surface area is 294 Å². The van der Waals surface area contributed by atoms with Gasteiger partial charge in [-0.3, -0.25) is 0 Å². The van der Waals surface area contributed by atoms with Crippen molar-refractivity contribution in [2.24, 2.45) is 0 Å². The number of hydrogen-bond donors (Lipinski definition) is 0. The SMILES string of the molecule is COc1ccc(CN(Cc2nc3ccccc3n2Cc2ccc(OC)cc2)c2nc(N3CCOCC3)nc3c(-c4ccccc4F)cnn23)cc1. The van der Waals surface area contributed by atoms with Crippen LogP contribution in [0.1, 0.15) is 17.0 Å². The number of para-hydroxylation sites is 2. The average Bonchev–Trinajstić information content (AvgIpc) is 3.76. The van der Waals surface area contributed by atoms with Crippen molar-refractivity contribution in [3.63, 3.8) is 0 Å². The molecule has 12 heteroatoms. The Morgan fingerprint density at radius 2 is 1.43 bits per heavy atom. The van der Waals surface area contributed by atoms with Gasteiger partial charge in [-0.25, -0.2) is 9.37 Å². The molecule has 4 aromatic carbocycles. The van der Waals surface area contributed by atoms with E-state index >= 15 is 4.39 Å². The Morgan fingerprint density at radius 3 is 2.16 bits per heavy atom. The zero-order valence-electron chi connectivity index (χ0n) is 28.4. The fraction of sp³-hybridized carbons (Fsp3) is 0.231. The summed E-state index contributed by atoms with van der Waals surface area (Å²) in [5.41, 5.74) is 5.59. The second-order valence-corrected chi connectivity index (χ2v) is 12.4. The summed E-state index contributed by atoms with van der Waals surface area (Å²) in [7, 11) is 3.33. The van der Waals surface area contributed by atoms with Crippen molar-refractivity contribution in [2.75, 3.05) is 50.3 Å². The summed E-state index contributed by atoms with van der Waals surface area (Å²) in [6, 6.07) is 30.9. The third-order valence-corrected chi connectivity index (χ3v) is 9.18. The molecule has 0 amide bonds. The maximum atomic E-state index is 15.3. The molecule has 0 bridgehead atoms. The van der Waals surface area contributed by atoms with Gasteiger partial charge in [-0.15, -0.1) is 0 Å². The molecular weight excluding hydrogens is 647 g/mol. The number of fused-ring (bicyclic) bond motifs is 2. The first-order valence-corrected chi connectivity index (χ1v) is 16.9. The van der Waals surface area contributed by atoms with Crippen molar-refractivity contribution in [3.05, 3.63) is 126 Å². The van der Waals surface area contributed by atoms with E-state index < -0.39 is 0 Å². The third-order valence-electron chi connectivity index (χ3n) is 9.18. The van der Waals surface area contributed by atoms with Crippen LogP contribution in [-0.4, -0.2) is 69.7 Å². The summed E-state index contributed by atoms with van der Waals surface area (Å²) < 4.78 is 35.7. The highest BCUT2D eigenvalue weighted by Crippen LogP contribution is 2.31. The molecule has 258 valence electrons. The molecule has 0 N–H and O–H groups in total. The van der Waals surface area contributed by atoms with E-state index in [1.807, 2.05) is 60.7 Å². The summed E-state index contributed by atoms with van der Waals surface area (Å²) in [5, 5.41) is 4.78. The molecule has 11 nitrogen and oxygen atoms in total. The molecular formula is C39H37FN8O3. The number of imidazole rings is 1. The van der Waals surface area contributed by atoms with Gasteiger partial charge < -0.3 is 28.6 Å². The van der Waals surface area contributed by atoms with Crippen molar-refractivity contribution < 1.29 is 18.6 Å². The topological polar surface area (TPSA) is 95.1 Å². The number of methoxy groups -OCH3 is 2. The van der Waals surface area contributed by atoms with Crippen LogP contribution < -0.4 is 19.3 Å². The van der Waals surface area contributed by atoms with Crippen LogP contribution in [0, 0.1) is 5.82 Å². The van der Waals surface area contributed by atoms with Gasteiger partial charge in [0.1, 0.15) is 23.1 Å². The minimum absolute atomic E-state index is 0.345. The number of morpholine rings is 1. The number of anilines is 2. The second-order valence-electron chi connectivity index (χ2n) is 12.4. The Balaban J connectivity index is 1.29. The zero-order chi connectivity index (χ0) is 34.7. The van der Waals surface area contributed by atoms with E-state index in [0.717, 1.165) is 39.5 Å². The molecule has 0 radical (unpaired) electrons.